The molecule has 8 aromatic carbocycles. The van der Waals surface area contributed by atoms with Crippen molar-refractivity contribution < 1.29 is 57.9 Å². The summed E-state index contributed by atoms with van der Waals surface area (Å²) in [5, 5.41) is 59.3. The molecular formula is C43H25N6O13S3+3. The van der Waals surface area contributed by atoms with Gasteiger partial charge in [-0.2, -0.15) is 25.3 Å². The van der Waals surface area contributed by atoms with E-state index in [-0.39, 0.29) is 54.9 Å². The average molecular weight is 930 g/mol. The lowest BCUT2D eigenvalue weighted by Crippen LogP contribution is -2.18. The molecule has 0 radical (unpaired) electrons. The molecular weight excluding hydrogens is 905 g/mol. The minimum Gasteiger partial charge on any atom is -0.501 e. The number of diazo groups is 3. The van der Waals surface area contributed by atoms with Crippen LogP contribution in [0.5, 0.6) is 34.5 Å². The van der Waals surface area contributed by atoms with Crippen molar-refractivity contribution in [2.45, 2.75) is 14.7 Å². The van der Waals surface area contributed by atoms with E-state index in [4.69, 9.17) is 12.5 Å². The van der Waals surface area contributed by atoms with E-state index in [2.05, 4.69) is 14.9 Å². The zero-order chi connectivity index (χ0) is 46.4. The lowest BCUT2D eigenvalue weighted by Gasteiger charge is -2.20. The van der Waals surface area contributed by atoms with Gasteiger partial charge >= 0.3 is 47.4 Å². The fourth-order valence-electron chi connectivity index (χ4n) is 6.97. The molecule has 320 valence electrons. The van der Waals surface area contributed by atoms with Crippen LogP contribution >= 0.6 is 0 Å². The maximum atomic E-state index is 14.6. The minimum absolute atomic E-state index is 0.0839. The minimum atomic E-state index is -5.36. The molecule has 0 heterocycles. The van der Waals surface area contributed by atoms with Gasteiger partial charge in [0.05, 0.1) is 5.56 Å². The third-order valence-corrected chi connectivity index (χ3v) is 13.8. The van der Waals surface area contributed by atoms with Gasteiger partial charge in [0.2, 0.25) is 44.9 Å². The Morgan fingerprint density at radius 2 is 0.800 bits per heavy atom. The van der Waals surface area contributed by atoms with Gasteiger partial charge in [-0.25, -0.2) is 0 Å². The van der Waals surface area contributed by atoms with Gasteiger partial charge in [0.25, 0.3) is 0 Å². The third-order valence-electron chi connectivity index (χ3n) is 9.99. The first-order valence-electron chi connectivity index (χ1n) is 18.4. The van der Waals surface area contributed by atoms with Gasteiger partial charge in [-0.3, -0.25) is 4.79 Å². The van der Waals surface area contributed by atoms with Crippen LogP contribution in [0.1, 0.15) is 15.9 Å². The Hall–Kier alpha value is -8.88. The molecule has 0 amide bonds. The molecule has 3 N–H and O–H groups in total. The normalized spacial score (nSPS) is 11.6. The molecule has 0 atom stereocenters. The summed E-state index contributed by atoms with van der Waals surface area (Å²) >= 11 is 0. The van der Waals surface area contributed by atoms with E-state index in [1.54, 1.807) is 6.07 Å². The molecule has 0 saturated heterocycles. The summed E-state index contributed by atoms with van der Waals surface area (Å²) in [5.41, 5.74) is -1.76. The first kappa shape index (κ1) is 42.8. The van der Waals surface area contributed by atoms with Crippen LogP contribution in [0, 0.1) is 16.2 Å². The highest BCUT2D eigenvalue weighted by molar-refractivity contribution is 7.88. The molecule has 0 saturated carbocycles. The van der Waals surface area contributed by atoms with Crippen LogP contribution in [0.2, 0.25) is 0 Å². The largest absolute Gasteiger partial charge is 0.501 e. The average Bonchev–Trinajstić information content (AvgIpc) is 3.30. The Morgan fingerprint density at radius 3 is 1.20 bits per heavy atom. The van der Waals surface area contributed by atoms with Gasteiger partial charge in [0.1, 0.15) is 14.7 Å². The van der Waals surface area contributed by atoms with Crippen LogP contribution in [0.3, 0.4) is 0 Å². The number of nitrogens with zero attached hydrogens (tertiary/aromatic N) is 6. The number of hydrogen-bond donors (Lipinski definition) is 3. The fourth-order valence-corrected chi connectivity index (χ4v) is 10.4. The Bertz CT molecular complexity index is 3850. The summed E-state index contributed by atoms with van der Waals surface area (Å²) in [6.07, 6.45) is 0. The molecule has 8 aromatic rings. The SMILES string of the molecule is N#[N+]c1ccc2c(S(=O)(=O)Oc3ccc(C(=O)c4ccccc4)c(OS(=O)(=O)c4cccc5c(O)c([N+]#N)ccc45)c3OS(=O)(=O)c3cccc4c(O)c([N+]#N)ccc34)cccc2c1O. The molecule has 0 aliphatic carbocycles. The van der Waals surface area contributed by atoms with Crippen LogP contribution in [0.15, 0.2) is 148 Å². The topological polar surface area (TPSA) is 292 Å². The number of rotatable bonds is 11. The first-order valence-corrected chi connectivity index (χ1v) is 22.6. The number of ketones is 1. The molecule has 0 spiro atoms. The molecule has 8 rings (SSSR count). The number of phenols is 3. The van der Waals surface area contributed by atoms with Crippen LogP contribution in [0.4, 0.5) is 17.1 Å². The van der Waals surface area contributed by atoms with Gasteiger partial charge in [-0.1, -0.05) is 66.7 Å². The van der Waals surface area contributed by atoms with Gasteiger partial charge in [0.15, 0.2) is 26.5 Å². The van der Waals surface area contributed by atoms with Crippen molar-refractivity contribution in [3.05, 3.63) is 160 Å². The second kappa shape index (κ2) is 16.1. The molecule has 0 aliphatic rings. The monoisotopic (exact) mass is 929 g/mol. The zero-order valence-electron chi connectivity index (χ0n) is 32.5. The molecule has 0 aromatic heterocycles. The van der Waals surface area contributed by atoms with Crippen molar-refractivity contribution in [2.24, 2.45) is 0 Å². The number of carbonyl (C=O) groups is 1. The van der Waals surface area contributed by atoms with Crippen molar-refractivity contribution in [3.8, 4) is 34.5 Å². The van der Waals surface area contributed by atoms with Gasteiger partial charge in [0, 0.05) is 56.1 Å². The Kier molecular flexibility index (Phi) is 10.6. The summed E-state index contributed by atoms with van der Waals surface area (Å²) in [4.78, 5) is 21.2. The second-order valence-corrected chi connectivity index (χ2v) is 18.3. The number of phenolic OH excluding ortho intramolecular Hbond substituents is 3. The smallest absolute Gasteiger partial charge is 0.426 e. The lowest BCUT2D eigenvalue weighted by molar-refractivity contribution is 0.103. The summed E-state index contributed by atoms with van der Waals surface area (Å²) in [5.74, 6) is -6.44. The maximum absolute atomic E-state index is 14.6. The van der Waals surface area contributed by atoms with Crippen LogP contribution in [-0.2, 0) is 30.4 Å². The van der Waals surface area contributed by atoms with Crippen LogP contribution in [0.25, 0.3) is 47.2 Å². The summed E-state index contributed by atoms with van der Waals surface area (Å²) in [7, 11) is -15.9. The van der Waals surface area contributed by atoms with E-state index >= 15 is 0 Å². The summed E-state index contributed by atoms with van der Waals surface area (Å²) < 4.78 is 104. The quantitative estimate of drug-likeness (QED) is 0.0618. The second-order valence-electron chi connectivity index (χ2n) is 13.7. The van der Waals surface area contributed by atoms with E-state index in [0.29, 0.717) is 0 Å². The van der Waals surface area contributed by atoms with Crippen molar-refractivity contribution in [1.82, 2.24) is 0 Å². The van der Waals surface area contributed by atoms with Crippen molar-refractivity contribution in [2.75, 3.05) is 0 Å². The van der Waals surface area contributed by atoms with Crippen molar-refractivity contribution >= 4 is 85.5 Å². The predicted octanol–water partition coefficient (Wildman–Crippen LogP) is 9.25. The van der Waals surface area contributed by atoms with E-state index in [9.17, 15) is 61.5 Å². The zero-order valence-corrected chi connectivity index (χ0v) is 35.0. The predicted molar refractivity (Wildman–Crippen MR) is 231 cm³/mol. The van der Waals surface area contributed by atoms with E-state index in [1.165, 1.54) is 66.7 Å². The number of aromatic hydroxyl groups is 3. The molecule has 65 heavy (non-hydrogen) atoms. The van der Waals surface area contributed by atoms with Crippen molar-refractivity contribution in [1.29, 1.82) is 16.2 Å². The molecule has 0 aliphatic heterocycles. The molecule has 0 bridgehead atoms. The first-order chi connectivity index (χ1) is 31.0. The molecule has 0 unspecified atom stereocenters. The molecule has 0 fully saturated rings. The van der Waals surface area contributed by atoms with Crippen LogP contribution in [-0.4, -0.2) is 46.4 Å². The number of fused-ring (bicyclic) bond motifs is 3. The number of carbonyl (C=O) groups excluding carboxylic acids is 1. The number of benzene rings is 8. The highest BCUT2D eigenvalue weighted by Crippen LogP contribution is 2.48. The lowest BCUT2D eigenvalue weighted by atomic mass is 10.0. The van der Waals surface area contributed by atoms with Crippen LogP contribution < -0.4 is 12.5 Å². The summed E-state index contributed by atoms with van der Waals surface area (Å²) in [6, 6.07) is 26.1. The fraction of sp³-hybridized carbons (Fsp3) is 0. The summed E-state index contributed by atoms with van der Waals surface area (Å²) in [6.45, 7) is 0. The van der Waals surface area contributed by atoms with E-state index in [1.807, 2.05) is 0 Å². The van der Waals surface area contributed by atoms with Gasteiger partial charge in [-0.05, 0) is 48.5 Å². The number of hydrogen-bond acceptors (Lipinski definition) is 16. The Labute approximate surface area is 366 Å². The van der Waals surface area contributed by atoms with Gasteiger partial charge in [-0.15, -0.1) is 0 Å². The van der Waals surface area contributed by atoms with Gasteiger partial charge < -0.3 is 27.9 Å². The molecule has 19 nitrogen and oxygen atoms in total. The molecule has 22 heteroatoms. The Balaban J connectivity index is 1.40. The van der Waals surface area contributed by atoms with Crippen molar-refractivity contribution in [3.63, 3.8) is 0 Å². The highest BCUT2D eigenvalue weighted by Gasteiger charge is 2.36. The van der Waals surface area contributed by atoms with E-state index < -0.39 is 90.9 Å². The standard InChI is InChI=1S/C43H22N6O13S3/c44-47-31-19-15-24-27(39(31)51)9-4-12-35(24)63(54,55)60-34-22-18-30(38(50)23-7-2-1-3-8-23)42(61-64(56,57)36-13-5-10-28-25(36)16-20-32(48-45)40(28)52)43(34)62-65(58,59)37-14-6-11-29-26(37)17-21-33(49-46)41(29)53/h1-22H/p+3. The Morgan fingerprint density at radius 1 is 0.415 bits per heavy atom. The third kappa shape index (κ3) is 7.49. The maximum Gasteiger partial charge on any atom is 0.426 e. The highest BCUT2D eigenvalue weighted by atomic mass is 32.2. The van der Waals surface area contributed by atoms with E-state index in [0.717, 1.165) is 60.7 Å².